The number of aryl methyl sites for hydroxylation is 1. The van der Waals surface area contributed by atoms with E-state index in [-0.39, 0.29) is 37.0 Å². The number of nitrogens with zero attached hydrogens (tertiary/aromatic N) is 2. The van der Waals surface area contributed by atoms with Crippen molar-refractivity contribution in [1.29, 1.82) is 0 Å². The van der Waals surface area contributed by atoms with Gasteiger partial charge in [0.15, 0.2) is 0 Å². The molecule has 1 aromatic heterocycles. The maximum Gasteiger partial charge on any atom is 0.271 e. The highest BCUT2D eigenvalue weighted by molar-refractivity contribution is 6.02. The number of hydrogen-bond acceptors (Lipinski definition) is 4. The third kappa shape index (κ3) is 4.59. The zero-order valence-electron chi connectivity index (χ0n) is 18.7. The molecule has 0 spiro atoms. The maximum atomic E-state index is 13.3. The lowest BCUT2D eigenvalue weighted by Crippen LogP contribution is -2.41. The third-order valence-corrected chi connectivity index (χ3v) is 5.76. The molecule has 34 heavy (non-hydrogen) atoms. The minimum absolute atomic E-state index is 0.167. The summed E-state index contributed by atoms with van der Waals surface area (Å²) >= 11 is 0. The molecular weight excluding hydrogens is 439 g/mol. The number of carbonyl (C=O) groups excluding carboxylic acids is 4. The Bertz CT molecular complexity index is 1260. The quantitative estimate of drug-likeness (QED) is 0.450. The molecule has 0 atom stereocenters. The summed E-state index contributed by atoms with van der Waals surface area (Å²) in [6.07, 6.45) is 0.455. The molecule has 0 radical (unpaired) electrons. The number of hydrogen-bond donors (Lipinski definition) is 2. The van der Waals surface area contributed by atoms with Crippen LogP contribution in [0.1, 0.15) is 50.5 Å². The Balaban J connectivity index is 1.39. The molecule has 2 aromatic carbocycles. The number of nitrogens with one attached hydrogen (secondary N) is 2. The molecular formula is C25H23FN4O4. The van der Waals surface area contributed by atoms with Crippen molar-refractivity contribution in [3.05, 3.63) is 88.5 Å². The van der Waals surface area contributed by atoms with Gasteiger partial charge in [0.25, 0.3) is 11.8 Å². The average molecular weight is 462 g/mol. The summed E-state index contributed by atoms with van der Waals surface area (Å²) in [4.78, 5) is 49.9. The number of rotatable bonds is 5. The molecule has 4 amide bonds. The van der Waals surface area contributed by atoms with Crippen molar-refractivity contribution in [1.82, 2.24) is 20.3 Å². The smallest absolute Gasteiger partial charge is 0.271 e. The van der Waals surface area contributed by atoms with Gasteiger partial charge < -0.3 is 4.57 Å². The van der Waals surface area contributed by atoms with Crippen LogP contribution in [0.3, 0.4) is 0 Å². The van der Waals surface area contributed by atoms with Crippen molar-refractivity contribution in [2.75, 3.05) is 0 Å². The van der Waals surface area contributed by atoms with Crippen molar-refractivity contribution in [2.45, 2.75) is 33.2 Å². The van der Waals surface area contributed by atoms with Crippen LogP contribution in [0.4, 0.5) is 4.39 Å². The zero-order valence-corrected chi connectivity index (χ0v) is 18.7. The van der Waals surface area contributed by atoms with E-state index in [9.17, 15) is 23.6 Å². The number of imide groups is 1. The molecule has 2 N–H and O–H groups in total. The highest BCUT2D eigenvalue weighted by Gasteiger charge is 2.28. The van der Waals surface area contributed by atoms with Gasteiger partial charge in [-0.15, -0.1) is 0 Å². The molecule has 2 heterocycles. The van der Waals surface area contributed by atoms with E-state index >= 15 is 0 Å². The van der Waals surface area contributed by atoms with E-state index in [1.807, 2.05) is 11.5 Å². The first-order valence-electron chi connectivity index (χ1n) is 10.7. The van der Waals surface area contributed by atoms with Gasteiger partial charge in [-0.2, -0.15) is 0 Å². The second-order valence-electron chi connectivity index (χ2n) is 8.08. The summed E-state index contributed by atoms with van der Waals surface area (Å²) < 4.78 is 15.1. The topological polar surface area (TPSA) is 101 Å². The SMILES string of the molecule is Cc1cc(C(=O)NNC(=O)c2ccc(CN3C(=O)CCC3=O)cc2)c(C)n1-c1ccc(F)cc1. The standard InChI is InChI=1S/C25H23FN4O4/c1-15-13-21(16(2)30(15)20-9-7-19(26)8-10-20)25(34)28-27-24(33)18-5-3-17(4-6-18)14-29-22(31)11-12-23(29)32/h3-10,13H,11-12,14H2,1-2H3,(H,27,33)(H,28,34). The Morgan fingerprint density at radius 1 is 0.882 bits per heavy atom. The molecule has 174 valence electrons. The molecule has 0 unspecified atom stereocenters. The van der Waals surface area contributed by atoms with E-state index in [4.69, 9.17) is 0 Å². The van der Waals surface area contributed by atoms with Gasteiger partial charge in [0.1, 0.15) is 5.82 Å². The average Bonchev–Trinajstić information content (AvgIpc) is 3.30. The largest absolute Gasteiger partial charge is 0.318 e. The molecule has 4 rings (SSSR count). The number of likely N-dealkylation sites (tertiary alicyclic amines) is 1. The minimum atomic E-state index is -0.513. The first-order chi connectivity index (χ1) is 16.2. The normalized spacial score (nSPS) is 13.3. The van der Waals surface area contributed by atoms with Crippen LogP contribution in [-0.2, 0) is 16.1 Å². The van der Waals surface area contributed by atoms with Crippen LogP contribution < -0.4 is 10.9 Å². The van der Waals surface area contributed by atoms with Crippen LogP contribution in [0.5, 0.6) is 0 Å². The van der Waals surface area contributed by atoms with Crippen LogP contribution in [0, 0.1) is 19.7 Å². The van der Waals surface area contributed by atoms with Gasteiger partial charge in [-0.25, -0.2) is 4.39 Å². The second-order valence-corrected chi connectivity index (χ2v) is 8.08. The molecule has 1 aliphatic rings. The van der Waals surface area contributed by atoms with Crippen LogP contribution in [0.2, 0.25) is 0 Å². The molecule has 0 bridgehead atoms. The minimum Gasteiger partial charge on any atom is -0.318 e. The van der Waals surface area contributed by atoms with E-state index in [1.165, 1.54) is 17.0 Å². The number of hydrazine groups is 1. The third-order valence-electron chi connectivity index (χ3n) is 5.76. The van der Waals surface area contributed by atoms with Crippen molar-refractivity contribution in [3.63, 3.8) is 0 Å². The Kier molecular flexibility index (Phi) is 6.27. The molecule has 9 heteroatoms. The van der Waals surface area contributed by atoms with Crippen molar-refractivity contribution in [3.8, 4) is 5.69 Å². The first kappa shape index (κ1) is 22.9. The van der Waals surface area contributed by atoms with Gasteiger partial charge in [-0.1, -0.05) is 12.1 Å². The van der Waals surface area contributed by atoms with Gasteiger partial charge >= 0.3 is 0 Å². The van der Waals surface area contributed by atoms with Gasteiger partial charge in [0.05, 0.1) is 12.1 Å². The molecule has 8 nitrogen and oxygen atoms in total. The molecule has 3 aromatic rings. The molecule has 0 saturated carbocycles. The molecule has 1 aliphatic heterocycles. The van der Waals surface area contributed by atoms with Crippen molar-refractivity contribution >= 4 is 23.6 Å². The lowest BCUT2D eigenvalue weighted by Gasteiger charge is -2.14. The molecule has 1 fully saturated rings. The fourth-order valence-corrected chi connectivity index (χ4v) is 3.98. The van der Waals surface area contributed by atoms with E-state index in [2.05, 4.69) is 10.9 Å². The number of halogens is 1. The number of benzene rings is 2. The van der Waals surface area contributed by atoms with Crippen molar-refractivity contribution < 1.29 is 23.6 Å². The fourth-order valence-electron chi connectivity index (χ4n) is 3.98. The van der Waals surface area contributed by atoms with Gasteiger partial charge in [-0.05, 0) is 61.9 Å². The van der Waals surface area contributed by atoms with Gasteiger partial charge in [-0.3, -0.25) is 34.9 Å². The summed E-state index contributed by atoms with van der Waals surface area (Å²) in [5.74, 6) is -1.75. The summed E-state index contributed by atoms with van der Waals surface area (Å²) in [6.45, 7) is 3.76. The summed E-state index contributed by atoms with van der Waals surface area (Å²) in [7, 11) is 0. The lowest BCUT2D eigenvalue weighted by atomic mass is 10.1. The Morgan fingerprint density at radius 2 is 1.47 bits per heavy atom. The Morgan fingerprint density at radius 3 is 2.09 bits per heavy atom. The Labute approximate surface area is 195 Å². The monoisotopic (exact) mass is 462 g/mol. The van der Waals surface area contributed by atoms with Crippen LogP contribution >= 0.6 is 0 Å². The van der Waals surface area contributed by atoms with Crippen LogP contribution in [-0.4, -0.2) is 33.1 Å². The zero-order chi connectivity index (χ0) is 24.4. The predicted molar refractivity (Wildman–Crippen MR) is 121 cm³/mol. The summed E-state index contributed by atoms with van der Waals surface area (Å²) in [5, 5.41) is 0. The van der Waals surface area contributed by atoms with E-state index in [0.29, 0.717) is 16.8 Å². The number of carbonyl (C=O) groups is 4. The van der Waals surface area contributed by atoms with Gasteiger partial charge in [0.2, 0.25) is 11.8 Å². The second kappa shape index (κ2) is 9.30. The van der Waals surface area contributed by atoms with Crippen LogP contribution in [0.15, 0.2) is 54.6 Å². The van der Waals surface area contributed by atoms with Crippen molar-refractivity contribution in [2.24, 2.45) is 0 Å². The highest BCUT2D eigenvalue weighted by atomic mass is 19.1. The summed E-state index contributed by atoms with van der Waals surface area (Å²) in [5.41, 5.74) is 8.35. The Hall–Kier alpha value is -4.27. The van der Waals surface area contributed by atoms with E-state index in [1.54, 1.807) is 49.4 Å². The summed E-state index contributed by atoms with van der Waals surface area (Å²) in [6, 6.07) is 14.1. The maximum absolute atomic E-state index is 13.3. The lowest BCUT2D eigenvalue weighted by molar-refractivity contribution is -0.139. The molecule has 1 saturated heterocycles. The van der Waals surface area contributed by atoms with E-state index < -0.39 is 11.8 Å². The van der Waals surface area contributed by atoms with E-state index in [0.717, 1.165) is 16.9 Å². The van der Waals surface area contributed by atoms with Gasteiger partial charge in [0, 0.05) is 35.5 Å². The molecule has 0 aliphatic carbocycles. The fraction of sp³-hybridized carbons (Fsp3) is 0.200. The van der Waals surface area contributed by atoms with Crippen LogP contribution in [0.25, 0.3) is 5.69 Å². The highest BCUT2D eigenvalue weighted by Crippen LogP contribution is 2.21. The number of aromatic nitrogens is 1. The predicted octanol–water partition coefficient (Wildman–Crippen LogP) is 2.96. The first-order valence-corrected chi connectivity index (χ1v) is 10.7. The number of amides is 4.